The molecule has 3 aliphatic rings. The molecule has 0 aromatic carbocycles. The zero-order valence-corrected chi connectivity index (χ0v) is 16.9. The van der Waals surface area contributed by atoms with Crippen LogP contribution in [-0.4, -0.2) is 29.7 Å². The van der Waals surface area contributed by atoms with Crippen molar-refractivity contribution in [2.45, 2.75) is 84.2 Å². The van der Waals surface area contributed by atoms with Crippen LogP contribution in [0.5, 0.6) is 0 Å². The van der Waals surface area contributed by atoms with Gasteiger partial charge in [0.25, 0.3) is 0 Å². The highest BCUT2D eigenvalue weighted by Crippen LogP contribution is 2.45. The average molecular weight is 358 g/mol. The summed E-state index contributed by atoms with van der Waals surface area (Å²) >= 11 is 0. The summed E-state index contributed by atoms with van der Waals surface area (Å²) in [5, 5.41) is 0. The largest absolute Gasteiger partial charge is 0.444 e. The Bertz CT molecular complexity index is 578. The molecule has 2 aliphatic carbocycles. The summed E-state index contributed by atoms with van der Waals surface area (Å²) in [5.41, 5.74) is 1.59. The van der Waals surface area contributed by atoms with Crippen LogP contribution in [0.2, 0.25) is 0 Å². The summed E-state index contributed by atoms with van der Waals surface area (Å²) in [7, 11) is 0. The zero-order chi connectivity index (χ0) is 18.8. The average Bonchev–Trinajstić information content (AvgIpc) is 2.75. The standard InChI is InChI=1S/C23H35NO2/c1-5-18-8-10-20(11-9-18)15-19-7-6-13-23(14-12-19)16-24(17-23)21(25)26-22(2,3)4/h1,15,18,20H,6-14,16-17H2,2-4H3/b19-15-. The summed E-state index contributed by atoms with van der Waals surface area (Å²) in [6.45, 7) is 7.55. The van der Waals surface area contributed by atoms with Crippen LogP contribution in [0, 0.1) is 29.6 Å². The lowest BCUT2D eigenvalue weighted by Crippen LogP contribution is -2.59. The second kappa shape index (κ2) is 7.67. The fraction of sp³-hybridized carbons (Fsp3) is 0.783. The maximum absolute atomic E-state index is 12.2. The first-order valence-electron chi connectivity index (χ1n) is 10.4. The van der Waals surface area contributed by atoms with Gasteiger partial charge in [0.2, 0.25) is 0 Å². The first-order chi connectivity index (χ1) is 12.3. The molecule has 1 saturated heterocycles. The van der Waals surface area contributed by atoms with Crippen LogP contribution in [0.25, 0.3) is 0 Å². The Balaban J connectivity index is 1.48. The SMILES string of the molecule is C#CC1CCC(/C=C2/CCCC3(CC2)CN(C(=O)OC(C)(C)C)C3)CC1. The molecule has 0 atom stereocenters. The van der Waals surface area contributed by atoms with Crippen molar-refractivity contribution < 1.29 is 9.53 Å². The lowest BCUT2D eigenvalue weighted by molar-refractivity contribution is -0.0399. The Labute approximate surface area is 159 Å². The molecule has 3 nitrogen and oxygen atoms in total. The second-order valence-electron chi connectivity index (χ2n) is 9.79. The molecular weight excluding hydrogens is 322 g/mol. The number of amides is 1. The Morgan fingerprint density at radius 1 is 1.19 bits per heavy atom. The van der Waals surface area contributed by atoms with Gasteiger partial charge in [-0.2, -0.15) is 0 Å². The number of terminal acetylenes is 1. The molecule has 3 heteroatoms. The van der Waals surface area contributed by atoms with Crippen molar-refractivity contribution in [3.63, 3.8) is 0 Å². The molecule has 0 bridgehead atoms. The molecule has 0 aromatic heterocycles. The lowest BCUT2D eigenvalue weighted by atomic mass is 9.73. The topological polar surface area (TPSA) is 29.5 Å². The highest BCUT2D eigenvalue weighted by Gasteiger charge is 2.46. The van der Waals surface area contributed by atoms with Crippen molar-refractivity contribution in [1.82, 2.24) is 4.90 Å². The third-order valence-corrected chi connectivity index (χ3v) is 6.36. The van der Waals surface area contributed by atoms with Crippen LogP contribution in [0.1, 0.15) is 78.6 Å². The number of nitrogens with zero attached hydrogens (tertiary/aromatic N) is 1. The summed E-state index contributed by atoms with van der Waals surface area (Å²) in [6, 6.07) is 0. The monoisotopic (exact) mass is 357 g/mol. The maximum Gasteiger partial charge on any atom is 0.410 e. The Hall–Kier alpha value is -1.43. The minimum atomic E-state index is -0.405. The van der Waals surface area contributed by atoms with Crippen molar-refractivity contribution in [2.24, 2.45) is 17.3 Å². The fourth-order valence-corrected chi connectivity index (χ4v) is 4.85. The van der Waals surface area contributed by atoms with Crippen LogP contribution in [0.4, 0.5) is 4.79 Å². The van der Waals surface area contributed by atoms with E-state index in [4.69, 9.17) is 11.2 Å². The third kappa shape index (κ3) is 4.84. The van der Waals surface area contributed by atoms with E-state index in [-0.39, 0.29) is 6.09 Å². The third-order valence-electron chi connectivity index (χ3n) is 6.36. The quantitative estimate of drug-likeness (QED) is 0.454. The van der Waals surface area contributed by atoms with Gasteiger partial charge in [0.15, 0.2) is 0 Å². The van der Waals surface area contributed by atoms with Gasteiger partial charge in [-0.25, -0.2) is 4.79 Å². The normalized spacial score (nSPS) is 30.4. The minimum absolute atomic E-state index is 0.145. The highest BCUT2D eigenvalue weighted by molar-refractivity contribution is 5.69. The molecule has 2 saturated carbocycles. The number of hydrogen-bond donors (Lipinski definition) is 0. The molecular formula is C23H35NO2. The fourth-order valence-electron chi connectivity index (χ4n) is 4.85. The molecule has 0 radical (unpaired) electrons. The molecule has 3 rings (SSSR count). The van der Waals surface area contributed by atoms with E-state index in [1.165, 1.54) is 57.8 Å². The van der Waals surface area contributed by atoms with Gasteiger partial charge in [0.05, 0.1) is 0 Å². The first kappa shape index (κ1) is 19.3. The predicted molar refractivity (Wildman–Crippen MR) is 106 cm³/mol. The van der Waals surface area contributed by atoms with Gasteiger partial charge in [-0.15, -0.1) is 12.3 Å². The van der Waals surface area contributed by atoms with E-state index in [2.05, 4.69) is 12.0 Å². The molecule has 3 fully saturated rings. The predicted octanol–water partition coefficient (Wildman–Crippen LogP) is 5.55. The first-order valence-corrected chi connectivity index (χ1v) is 10.4. The van der Waals surface area contributed by atoms with E-state index in [0.29, 0.717) is 11.3 Å². The Kier molecular flexibility index (Phi) is 5.70. The van der Waals surface area contributed by atoms with Gasteiger partial charge in [0, 0.05) is 24.4 Å². The molecule has 0 unspecified atom stereocenters. The summed E-state index contributed by atoms with van der Waals surface area (Å²) in [6.07, 6.45) is 19.1. The number of carbonyl (C=O) groups is 1. The number of hydrogen-bond acceptors (Lipinski definition) is 2. The smallest absolute Gasteiger partial charge is 0.410 e. The Morgan fingerprint density at radius 2 is 1.88 bits per heavy atom. The maximum atomic E-state index is 12.2. The van der Waals surface area contributed by atoms with E-state index in [1.807, 2.05) is 25.7 Å². The molecule has 1 spiro atoms. The molecule has 144 valence electrons. The summed E-state index contributed by atoms with van der Waals surface area (Å²) < 4.78 is 5.51. The van der Waals surface area contributed by atoms with Gasteiger partial charge >= 0.3 is 6.09 Å². The van der Waals surface area contributed by atoms with Crippen molar-refractivity contribution in [2.75, 3.05) is 13.1 Å². The van der Waals surface area contributed by atoms with Crippen molar-refractivity contribution in [1.29, 1.82) is 0 Å². The second-order valence-corrected chi connectivity index (χ2v) is 9.79. The van der Waals surface area contributed by atoms with Crippen molar-refractivity contribution >= 4 is 6.09 Å². The van der Waals surface area contributed by atoms with E-state index in [1.54, 1.807) is 5.57 Å². The van der Waals surface area contributed by atoms with E-state index in [0.717, 1.165) is 19.0 Å². The number of allylic oxidation sites excluding steroid dienone is 2. The zero-order valence-electron chi connectivity index (χ0n) is 16.9. The number of rotatable bonds is 1. The van der Waals surface area contributed by atoms with Gasteiger partial charge in [-0.1, -0.05) is 11.6 Å². The minimum Gasteiger partial charge on any atom is -0.444 e. The molecule has 0 N–H and O–H groups in total. The van der Waals surface area contributed by atoms with Crippen LogP contribution in [0.15, 0.2) is 11.6 Å². The number of carbonyl (C=O) groups excluding carboxylic acids is 1. The highest BCUT2D eigenvalue weighted by atomic mass is 16.6. The summed E-state index contributed by atoms with van der Waals surface area (Å²) in [5.74, 6) is 4.18. The van der Waals surface area contributed by atoms with E-state index in [9.17, 15) is 4.79 Å². The van der Waals surface area contributed by atoms with Crippen LogP contribution < -0.4 is 0 Å². The van der Waals surface area contributed by atoms with Crippen LogP contribution in [0.3, 0.4) is 0 Å². The van der Waals surface area contributed by atoms with E-state index >= 15 is 0 Å². The summed E-state index contributed by atoms with van der Waals surface area (Å²) in [4.78, 5) is 14.1. The molecule has 1 aliphatic heterocycles. The van der Waals surface area contributed by atoms with Gasteiger partial charge < -0.3 is 9.64 Å². The van der Waals surface area contributed by atoms with Crippen LogP contribution >= 0.6 is 0 Å². The van der Waals surface area contributed by atoms with Gasteiger partial charge in [-0.3, -0.25) is 0 Å². The number of ether oxygens (including phenoxy) is 1. The van der Waals surface area contributed by atoms with Crippen molar-refractivity contribution in [3.8, 4) is 12.3 Å². The van der Waals surface area contributed by atoms with E-state index < -0.39 is 5.60 Å². The molecule has 1 amide bonds. The van der Waals surface area contributed by atoms with Crippen molar-refractivity contribution in [3.05, 3.63) is 11.6 Å². The van der Waals surface area contributed by atoms with Crippen LogP contribution in [-0.2, 0) is 4.74 Å². The number of likely N-dealkylation sites (tertiary alicyclic amines) is 1. The molecule has 1 heterocycles. The lowest BCUT2D eigenvalue weighted by Gasteiger charge is -2.50. The van der Waals surface area contributed by atoms with Gasteiger partial charge in [-0.05, 0) is 84.5 Å². The Morgan fingerprint density at radius 3 is 2.50 bits per heavy atom. The molecule has 26 heavy (non-hydrogen) atoms. The van der Waals surface area contributed by atoms with Gasteiger partial charge in [0.1, 0.15) is 5.60 Å². The molecule has 0 aromatic rings.